The highest BCUT2D eigenvalue weighted by molar-refractivity contribution is 6.32. The zero-order valence-corrected chi connectivity index (χ0v) is 12.4. The quantitative estimate of drug-likeness (QED) is 0.713. The van der Waals surface area contributed by atoms with Gasteiger partial charge in [-0.05, 0) is 56.1 Å². The van der Waals surface area contributed by atoms with Gasteiger partial charge in [-0.25, -0.2) is 4.39 Å². The molecule has 0 radical (unpaired) electrons. The van der Waals surface area contributed by atoms with Gasteiger partial charge in [-0.15, -0.1) is 0 Å². The van der Waals surface area contributed by atoms with Crippen LogP contribution in [0.4, 0.5) is 4.39 Å². The summed E-state index contributed by atoms with van der Waals surface area (Å²) >= 11 is 5.98. The molecule has 0 saturated heterocycles. The Morgan fingerprint density at radius 2 is 1.95 bits per heavy atom. The average molecular weight is 285 g/mol. The Kier molecular flexibility index (Phi) is 5.09. The molecule has 1 fully saturated rings. The predicted molar refractivity (Wildman–Crippen MR) is 77.2 cm³/mol. The monoisotopic (exact) mass is 284 g/mol. The highest BCUT2D eigenvalue weighted by atomic mass is 35.5. The van der Waals surface area contributed by atoms with E-state index in [1.807, 2.05) is 0 Å². The molecule has 3 heteroatoms. The number of halogens is 2. The van der Waals surface area contributed by atoms with Crippen LogP contribution in [0.1, 0.15) is 46.0 Å². The van der Waals surface area contributed by atoms with Crippen LogP contribution in [0, 0.1) is 17.7 Å². The van der Waals surface area contributed by atoms with E-state index in [0.717, 1.165) is 24.7 Å². The fraction of sp³-hybridized carbons (Fsp3) is 0.625. The first-order valence-electron chi connectivity index (χ1n) is 7.17. The minimum absolute atomic E-state index is 0.109. The van der Waals surface area contributed by atoms with Crippen LogP contribution >= 0.6 is 11.6 Å². The molecule has 106 valence electrons. The normalized spacial score (nSPS) is 23.6. The van der Waals surface area contributed by atoms with E-state index in [1.54, 1.807) is 12.1 Å². The van der Waals surface area contributed by atoms with Gasteiger partial charge in [0.25, 0.3) is 0 Å². The van der Waals surface area contributed by atoms with Gasteiger partial charge in [-0.3, -0.25) is 0 Å². The molecule has 0 atom stereocenters. The summed E-state index contributed by atoms with van der Waals surface area (Å²) in [6, 6.07) is 4.67. The topological polar surface area (TPSA) is 9.23 Å². The number of ether oxygens (including phenoxy) is 1. The van der Waals surface area contributed by atoms with Crippen molar-refractivity contribution in [1.82, 2.24) is 0 Å². The van der Waals surface area contributed by atoms with Crippen molar-refractivity contribution in [2.45, 2.75) is 52.1 Å². The van der Waals surface area contributed by atoms with Crippen LogP contribution in [-0.4, -0.2) is 6.10 Å². The third-order valence-corrected chi connectivity index (χ3v) is 4.10. The second-order valence-electron chi connectivity index (χ2n) is 5.94. The van der Waals surface area contributed by atoms with E-state index in [-0.39, 0.29) is 17.7 Å². The van der Waals surface area contributed by atoms with Gasteiger partial charge in [0, 0.05) is 0 Å². The summed E-state index contributed by atoms with van der Waals surface area (Å²) < 4.78 is 19.4. The van der Waals surface area contributed by atoms with Crippen LogP contribution in [0.3, 0.4) is 0 Å². The molecule has 0 spiro atoms. The van der Waals surface area contributed by atoms with Crippen molar-refractivity contribution in [3.05, 3.63) is 29.0 Å². The summed E-state index contributed by atoms with van der Waals surface area (Å²) in [5, 5.41) is 0.365. The first-order chi connectivity index (χ1) is 9.06. The van der Waals surface area contributed by atoms with E-state index in [4.69, 9.17) is 16.3 Å². The number of hydrogen-bond acceptors (Lipinski definition) is 1. The van der Waals surface area contributed by atoms with Crippen LogP contribution < -0.4 is 4.74 Å². The molecule has 0 unspecified atom stereocenters. The molecule has 0 amide bonds. The second kappa shape index (κ2) is 6.60. The van der Waals surface area contributed by atoms with E-state index in [2.05, 4.69) is 13.8 Å². The highest BCUT2D eigenvalue weighted by Gasteiger charge is 2.24. The molecule has 0 aliphatic heterocycles. The maximum atomic E-state index is 13.6. The standard InChI is InChI=1S/C16H22ClFO/c1-11(2)10-12-6-8-13(9-7-12)19-16-14(17)4-3-5-15(16)18/h3-5,11-13H,6-10H2,1-2H3. The minimum atomic E-state index is -0.364. The SMILES string of the molecule is CC(C)CC1CCC(Oc2c(F)cccc2Cl)CC1. The average Bonchev–Trinajstić information content (AvgIpc) is 2.35. The molecule has 1 aliphatic rings. The zero-order valence-electron chi connectivity index (χ0n) is 11.7. The van der Waals surface area contributed by atoms with Crippen LogP contribution in [-0.2, 0) is 0 Å². The van der Waals surface area contributed by atoms with E-state index >= 15 is 0 Å². The molecule has 0 bridgehead atoms. The van der Waals surface area contributed by atoms with Crippen molar-refractivity contribution in [2.75, 3.05) is 0 Å². The minimum Gasteiger partial charge on any atom is -0.486 e. The molecule has 0 N–H and O–H groups in total. The maximum Gasteiger partial charge on any atom is 0.173 e. The first-order valence-corrected chi connectivity index (χ1v) is 7.54. The Hall–Kier alpha value is -0.760. The van der Waals surface area contributed by atoms with E-state index in [1.165, 1.54) is 25.3 Å². The van der Waals surface area contributed by atoms with Crippen LogP contribution in [0.15, 0.2) is 18.2 Å². The van der Waals surface area contributed by atoms with Gasteiger partial charge in [0.15, 0.2) is 11.6 Å². The van der Waals surface area contributed by atoms with E-state index in [0.29, 0.717) is 5.02 Å². The summed E-state index contributed by atoms with van der Waals surface area (Å²) in [6.45, 7) is 4.53. The van der Waals surface area contributed by atoms with Gasteiger partial charge in [0.1, 0.15) is 0 Å². The molecule has 19 heavy (non-hydrogen) atoms. The van der Waals surface area contributed by atoms with Crippen LogP contribution in [0.2, 0.25) is 5.02 Å². The van der Waals surface area contributed by atoms with Gasteiger partial charge in [-0.2, -0.15) is 0 Å². The van der Waals surface area contributed by atoms with Gasteiger partial charge < -0.3 is 4.74 Å². The summed E-state index contributed by atoms with van der Waals surface area (Å²) in [5.74, 6) is 1.41. The fourth-order valence-corrected chi connectivity index (χ4v) is 3.12. The summed E-state index contributed by atoms with van der Waals surface area (Å²) in [4.78, 5) is 0. The third-order valence-electron chi connectivity index (χ3n) is 3.80. The summed E-state index contributed by atoms with van der Waals surface area (Å²) in [7, 11) is 0. The number of para-hydroxylation sites is 1. The van der Waals surface area contributed by atoms with Crippen molar-refractivity contribution in [3.63, 3.8) is 0 Å². The van der Waals surface area contributed by atoms with E-state index < -0.39 is 0 Å². The third kappa shape index (κ3) is 4.10. The van der Waals surface area contributed by atoms with Gasteiger partial charge in [0.2, 0.25) is 0 Å². The molecular weight excluding hydrogens is 263 g/mol. The van der Waals surface area contributed by atoms with Gasteiger partial charge >= 0.3 is 0 Å². The Balaban J connectivity index is 1.89. The smallest absolute Gasteiger partial charge is 0.173 e. The first kappa shape index (κ1) is 14.6. The Bertz CT molecular complexity index is 391. The Labute approximate surface area is 120 Å². The maximum absolute atomic E-state index is 13.6. The van der Waals surface area contributed by atoms with Crippen molar-refractivity contribution in [2.24, 2.45) is 11.8 Å². The van der Waals surface area contributed by atoms with Crippen LogP contribution in [0.25, 0.3) is 0 Å². The molecule has 1 aliphatic carbocycles. The number of rotatable bonds is 4. The molecule has 1 aromatic carbocycles. The van der Waals surface area contributed by atoms with Gasteiger partial charge in [0.05, 0.1) is 11.1 Å². The van der Waals surface area contributed by atoms with Crippen molar-refractivity contribution in [1.29, 1.82) is 0 Å². The molecule has 1 aromatic rings. The molecule has 0 heterocycles. The highest BCUT2D eigenvalue weighted by Crippen LogP contribution is 2.34. The molecule has 1 saturated carbocycles. The predicted octanol–water partition coefficient (Wildman–Crippen LogP) is 5.46. The lowest BCUT2D eigenvalue weighted by molar-refractivity contribution is 0.120. The Morgan fingerprint density at radius 1 is 1.26 bits per heavy atom. The van der Waals surface area contributed by atoms with E-state index in [9.17, 15) is 4.39 Å². The molecule has 1 nitrogen and oxygen atoms in total. The lowest BCUT2D eigenvalue weighted by Gasteiger charge is -2.30. The largest absolute Gasteiger partial charge is 0.486 e. The fourth-order valence-electron chi connectivity index (χ4n) is 2.91. The Morgan fingerprint density at radius 3 is 2.53 bits per heavy atom. The second-order valence-corrected chi connectivity index (χ2v) is 6.35. The lowest BCUT2D eigenvalue weighted by Crippen LogP contribution is -2.25. The molecule has 2 rings (SSSR count). The lowest BCUT2D eigenvalue weighted by atomic mass is 9.82. The zero-order chi connectivity index (χ0) is 13.8. The number of benzene rings is 1. The summed E-state index contributed by atoms with van der Waals surface area (Å²) in [6.07, 6.45) is 5.75. The van der Waals surface area contributed by atoms with Crippen LogP contribution in [0.5, 0.6) is 5.75 Å². The summed E-state index contributed by atoms with van der Waals surface area (Å²) in [5.41, 5.74) is 0. The van der Waals surface area contributed by atoms with Crippen molar-refractivity contribution in [3.8, 4) is 5.75 Å². The number of hydrogen-bond donors (Lipinski definition) is 0. The van der Waals surface area contributed by atoms with Gasteiger partial charge in [-0.1, -0.05) is 31.5 Å². The van der Waals surface area contributed by atoms with Crippen molar-refractivity contribution >= 4 is 11.6 Å². The van der Waals surface area contributed by atoms with Crippen molar-refractivity contribution < 1.29 is 9.13 Å². The molecule has 0 aromatic heterocycles. The molecular formula is C16H22ClFO.